The average molecular weight is 252 g/mol. The number of carbonyl (C=O) groups is 1. The van der Waals surface area contributed by atoms with Gasteiger partial charge >= 0.3 is 0 Å². The van der Waals surface area contributed by atoms with Crippen molar-refractivity contribution in [2.45, 2.75) is 25.2 Å². The Kier molecular flexibility index (Phi) is 6.08. The summed E-state index contributed by atoms with van der Waals surface area (Å²) in [5, 5.41) is 2.87. The molecule has 1 unspecified atom stereocenters. The lowest BCUT2D eigenvalue weighted by Gasteiger charge is -2.09. The van der Waals surface area contributed by atoms with Gasteiger partial charge in [-0.3, -0.25) is 4.79 Å². The second kappa shape index (κ2) is 7.35. The van der Waals surface area contributed by atoms with Gasteiger partial charge in [0.15, 0.2) is 0 Å². The fraction of sp³-hybridized carbons (Fsp3) is 0.462. The van der Waals surface area contributed by atoms with Crippen LogP contribution in [0.2, 0.25) is 0 Å². The van der Waals surface area contributed by atoms with Crippen molar-refractivity contribution < 1.29 is 4.79 Å². The molecule has 3 N–H and O–H groups in total. The normalized spacial score (nSPS) is 12.2. The quantitative estimate of drug-likeness (QED) is 0.765. The van der Waals surface area contributed by atoms with E-state index in [1.54, 1.807) is 11.8 Å². The number of nitrogens with one attached hydrogen (secondary N) is 1. The smallest absolute Gasteiger partial charge is 0.224 e. The molecule has 0 saturated carbocycles. The summed E-state index contributed by atoms with van der Waals surface area (Å²) in [4.78, 5) is 12.8. The van der Waals surface area contributed by atoms with Gasteiger partial charge in [0.05, 0.1) is 0 Å². The molecule has 0 aliphatic rings. The van der Waals surface area contributed by atoms with Crippen LogP contribution in [0.15, 0.2) is 29.2 Å². The first-order chi connectivity index (χ1) is 8.15. The first-order valence-electron chi connectivity index (χ1n) is 5.88. The zero-order valence-electron chi connectivity index (χ0n) is 10.4. The van der Waals surface area contributed by atoms with Crippen molar-refractivity contribution in [2.24, 2.45) is 11.7 Å². The van der Waals surface area contributed by atoms with Crippen molar-refractivity contribution >= 4 is 23.4 Å². The van der Waals surface area contributed by atoms with Crippen molar-refractivity contribution in [3.05, 3.63) is 24.3 Å². The molecule has 4 heteroatoms. The van der Waals surface area contributed by atoms with Crippen molar-refractivity contribution in [2.75, 3.05) is 17.6 Å². The molecule has 0 aliphatic heterocycles. The van der Waals surface area contributed by atoms with E-state index >= 15 is 0 Å². The summed E-state index contributed by atoms with van der Waals surface area (Å²) in [5.41, 5.74) is 6.33. The van der Waals surface area contributed by atoms with Crippen LogP contribution in [-0.2, 0) is 4.79 Å². The number of hydrogen-bond donors (Lipinski definition) is 2. The fourth-order valence-electron chi connectivity index (χ4n) is 1.41. The van der Waals surface area contributed by atoms with Crippen LogP contribution in [0.3, 0.4) is 0 Å². The number of thioether (sulfide) groups is 1. The lowest BCUT2D eigenvalue weighted by atomic mass is 10.1. The number of hydrogen-bond acceptors (Lipinski definition) is 3. The maximum Gasteiger partial charge on any atom is 0.224 e. The highest BCUT2D eigenvalue weighted by Crippen LogP contribution is 2.19. The number of amides is 1. The molecule has 0 saturated heterocycles. The first-order valence-corrected chi connectivity index (χ1v) is 6.87. The third kappa shape index (κ3) is 5.24. The number of rotatable bonds is 6. The Morgan fingerprint density at radius 3 is 2.59 bits per heavy atom. The van der Waals surface area contributed by atoms with Crippen LogP contribution in [-0.4, -0.2) is 18.2 Å². The number of benzene rings is 1. The Morgan fingerprint density at radius 1 is 1.41 bits per heavy atom. The van der Waals surface area contributed by atoms with E-state index in [4.69, 9.17) is 5.73 Å². The number of carbonyl (C=O) groups excluding carboxylic acids is 1. The standard InChI is InChI=1S/C13H20N2OS/c1-3-17-12-6-4-11(5-7-12)15-13(16)8-10(2)9-14/h4-7,10H,3,8-9,14H2,1-2H3,(H,15,16). The highest BCUT2D eigenvalue weighted by Gasteiger charge is 2.07. The highest BCUT2D eigenvalue weighted by molar-refractivity contribution is 7.99. The molecule has 0 radical (unpaired) electrons. The van der Waals surface area contributed by atoms with Crippen molar-refractivity contribution in [3.63, 3.8) is 0 Å². The Morgan fingerprint density at radius 2 is 2.06 bits per heavy atom. The van der Waals surface area contributed by atoms with Crippen LogP contribution in [0.1, 0.15) is 20.3 Å². The Balaban J connectivity index is 2.48. The zero-order valence-corrected chi connectivity index (χ0v) is 11.2. The summed E-state index contributed by atoms with van der Waals surface area (Å²) in [6.45, 7) is 4.63. The van der Waals surface area contributed by atoms with Gasteiger partial charge in [-0.1, -0.05) is 13.8 Å². The molecule has 0 heterocycles. The van der Waals surface area contributed by atoms with Gasteiger partial charge in [-0.25, -0.2) is 0 Å². The Labute approximate surface area is 107 Å². The summed E-state index contributed by atoms with van der Waals surface area (Å²) in [6.07, 6.45) is 0.474. The minimum Gasteiger partial charge on any atom is -0.330 e. The van der Waals surface area contributed by atoms with Crippen LogP contribution in [0.25, 0.3) is 0 Å². The molecule has 0 bridgehead atoms. The second-order valence-corrected chi connectivity index (χ2v) is 5.39. The van der Waals surface area contributed by atoms with E-state index in [0.717, 1.165) is 11.4 Å². The third-order valence-electron chi connectivity index (χ3n) is 2.39. The molecule has 1 amide bonds. The van der Waals surface area contributed by atoms with Gasteiger partial charge < -0.3 is 11.1 Å². The molecule has 3 nitrogen and oxygen atoms in total. The van der Waals surface area contributed by atoms with Crippen molar-refractivity contribution in [3.8, 4) is 0 Å². The summed E-state index contributed by atoms with van der Waals surface area (Å²) >= 11 is 1.79. The van der Waals surface area contributed by atoms with Crippen LogP contribution in [0.4, 0.5) is 5.69 Å². The molecular weight excluding hydrogens is 232 g/mol. The van der Waals surface area contributed by atoms with Gasteiger partial charge in [-0.15, -0.1) is 11.8 Å². The van der Waals surface area contributed by atoms with Gasteiger partial charge in [0.2, 0.25) is 5.91 Å². The molecule has 1 rings (SSSR count). The predicted molar refractivity (Wildman–Crippen MR) is 74.3 cm³/mol. The molecule has 0 spiro atoms. The molecule has 94 valence electrons. The number of anilines is 1. The van der Waals surface area contributed by atoms with E-state index in [0.29, 0.717) is 13.0 Å². The van der Waals surface area contributed by atoms with E-state index < -0.39 is 0 Å². The Hall–Kier alpha value is -1.00. The van der Waals surface area contributed by atoms with Gasteiger partial charge in [-0.05, 0) is 42.5 Å². The van der Waals surface area contributed by atoms with E-state index in [2.05, 4.69) is 12.2 Å². The predicted octanol–water partition coefficient (Wildman–Crippen LogP) is 2.72. The van der Waals surface area contributed by atoms with Crippen LogP contribution < -0.4 is 11.1 Å². The molecule has 1 atom stereocenters. The van der Waals surface area contributed by atoms with Crippen LogP contribution in [0.5, 0.6) is 0 Å². The van der Waals surface area contributed by atoms with E-state index in [1.807, 2.05) is 31.2 Å². The molecule has 1 aromatic rings. The molecule has 0 aromatic heterocycles. The highest BCUT2D eigenvalue weighted by atomic mass is 32.2. The van der Waals surface area contributed by atoms with Gasteiger partial charge in [0.1, 0.15) is 0 Å². The fourth-order valence-corrected chi connectivity index (χ4v) is 2.07. The first kappa shape index (κ1) is 14.1. The largest absolute Gasteiger partial charge is 0.330 e. The maximum absolute atomic E-state index is 11.6. The van der Waals surface area contributed by atoms with E-state index in [-0.39, 0.29) is 11.8 Å². The molecule has 1 aromatic carbocycles. The van der Waals surface area contributed by atoms with Gasteiger partial charge in [0, 0.05) is 17.0 Å². The van der Waals surface area contributed by atoms with Crippen molar-refractivity contribution in [1.82, 2.24) is 0 Å². The van der Waals surface area contributed by atoms with Crippen molar-refractivity contribution in [1.29, 1.82) is 0 Å². The second-order valence-electron chi connectivity index (χ2n) is 4.05. The molecule has 0 aliphatic carbocycles. The molecule has 0 fully saturated rings. The van der Waals surface area contributed by atoms with Crippen LogP contribution >= 0.6 is 11.8 Å². The lowest BCUT2D eigenvalue weighted by molar-refractivity contribution is -0.116. The average Bonchev–Trinajstić information content (AvgIpc) is 2.31. The minimum atomic E-state index is 0.0267. The summed E-state index contributed by atoms with van der Waals surface area (Å²) in [7, 11) is 0. The van der Waals surface area contributed by atoms with Gasteiger partial charge in [-0.2, -0.15) is 0 Å². The van der Waals surface area contributed by atoms with Gasteiger partial charge in [0.25, 0.3) is 0 Å². The molecule has 17 heavy (non-hydrogen) atoms. The topological polar surface area (TPSA) is 55.1 Å². The summed E-state index contributed by atoms with van der Waals surface area (Å²) in [6, 6.07) is 7.91. The monoisotopic (exact) mass is 252 g/mol. The Bertz CT molecular complexity index is 351. The zero-order chi connectivity index (χ0) is 12.7. The summed E-state index contributed by atoms with van der Waals surface area (Å²) < 4.78 is 0. The minimum absolute atomic E-state index is 0.0267. The number of nitrogens with two attached hydrogens (primary N) is 1. The SMILES string of the molecule is CCSc1ccc(NC(=O)CC(C)CN)cc1. The van der Waals surface area contributed by atoms with E-state index in [9.17, 15) is 4.79 Å². The maximum atomic E-state index is 11.6. The van der Waals surface area contributed by atoms with Crippen LogP contribution in [0, 0.1) is 5.92 Å². The van der Waals surface area contributed by atoms with E-state index in [1.165, 1.54) is 4.90 Å². The third-order valence-corrected chi connectivity index (χ3v) is 3.28. The summed E-state index contributed by atoms with van der Waals surface area (Å²) in [5.74, 6) is 1.31. The molecular formula is C13H20N2OS. The lowest BCUT2D eigenvalue weighted by Crippen LogP contribution is -2.19.